The monoisotopic (exact) mass is 144 g/mol. The van der Waals surface area contributed by atoms with Crippen LogP contribution in [0.2, 0.25) is 0 Å². The van der Waals surface area contributed by atoms with Crippen LogP contribution in [0.25, 0.3) is 0 Å². The fourth-order valence-electron chi connectivity index (χ4n) is 0.485. The van der Waals surface area contributed by atoms with Crippen LogP contribution in [0.15, 0.2) is 4.99 Å². The zero-order chi connectivity index (χ0) is 8.15. The number of primary amides is 1. The Hall–Kier alpha value is -1.26. The summed E-state index contributed by atoms with van der Waals surface area (Å²) in [6.07, 6.45) is 0. The molecular weight excluding hydrogens is 132 g/mol. The van der Waals surface area contributed by atoms with Gasteiger partial charge in [-0.1, -0.05) is 0 Å². The second kappa shape index (κ2) is 3.71. The summed E-state index contributed by atoms with van der Waals surface area (Å²) in [5.74, 6) is -0.118. The van der Waals surface area contributed by atoms with Crippen LogP contribution >= 0.6 is 0 Å². The Kier molecular flexibility index (Phi) is 3.24. The van der Waals surface area contributed by atoms with Gasteiger partial charge in [-0.2, -0.15) is 0 Å². The summed E-state index contributed by atoms with van der Waals surface area (Å²) in [7, 11) is 3.19. The molecule has 0 saturated heterocycles. The van der Waals surface area contributed by atoms with E-state index in [1.165, 1.54) is 4.90 Å². The molecule has 0 rings (SSSR count). The second-order valence-electron chi connectivity index (χ2n) is 1.90. The summed E-state index contributed by atoms with van der Waals surface area (Å²) in [5, 5.41) is 0. The molecule has 0 aliphatic carbocycles. The van der Waals surface area contributed by atoms with Gasteiger partial charge in [0.2, 0.25) is 5.91 Å². The molecule has 0 saturated carbocycles. The number of carbonyl (C=O) groups excluding carboxylic acids is 1. The van der Waals surface area contributed by atoms with Crippen molar-refractivity contribution in [3.05, 3.63) is 0 Å². The maximum atomic E-state index is 10.3. The Morgan fingerprint density at radius 3 is 2.40 bits per heavy atom. The molecule has 1 amide bonds. The van der Waals surface area contributed by atoms with Gasteiger partial charge < -0.3 is 16.4 Å². The van der Waals surface area contributed by atoms with Crippen LogP contribution in [-0.4, -0.2) is 37.4 Å². The number of nitrogens with zero attached hydrogens (tertiary/aromatic N) is 2. The number of guanidine groups is 1. The van der Waals surface area contributed by atoms with Gasteiger partial charge in [-0.25, -0.2) is 0 Å². The summed E-state index contributed by atoms with van der Waals surface area (Å²) in [6.45, 7) is 0.100. The molecule has 0 aromatic heterocycles. The molecule has 4 N–H and O–H groups in total. The van der Waals surface area contributed by atoms with E-state index in [0.717, 1.165) is 0 Å². The van der Waals surface area contributed by atoms with E-state index in [1.54, 1.807) is 14.1 Å². The lowest BCUT2D eigenvalue weighted by molar-refractivity contribution is -0.118. The summed E-state index contributed by atoms with van der Waals surface area (Å²) in [4.78, 5) is 15.4. The van der Waals surface area contributed by atoms with Crippen molar-refractivity contribution >= 4 is 11.9 Å². The Morgan fingerprint density at radius 2 is 2.10 bits per heavy atom. The molecular formula is C5H12N4O. The van der Waals surface area contributed by atoms with Gasteiger partial charge in [0.25, 0.3) is 0 Å². The van der Waals surface area contributed by atoms with Gasteiger partial charge in [-0.15, -0.1) is 0 Å². The van der Waals surface area contributed by atoms with Gasteiger partial charge in [-0.05, 0) is 0 Å². The molecule has 0 fully saturated rings. The zero-order valence-corrected chi connectivity index (χ0v) is 6.16. The first-order valence-electron chi connectivity index (χ1n) is 2.79. The van der Waals surface area contributed by atoms with Crippen molar-refractivity contribution in [3.63, 3.8) is 0 Å². The van der Waals surface area contributed by atoms with Crippen LogP contribution in [0.1, 0.15) is 0 Å². The minimum atomic E-state index is -0.422. The fraction of sp³-hybridized carbons (Fsp3) is 0.600. The SMILES string of the molecule is CN=C(N)N(C)CC(N)=O. The number of carbonyl (C=O) groups is 1. The van der Waals surface area contributed by atoms with Crippen molar-refractivity contribution in [1.29, 1.82) is 0 Å². The highest BCUT2D eigenvalue weighted by molar-refractivity contribution is 5.84. The summed E-state index contributed by atoms with van der Waals surface area (Å²) in [6, 6.07) is 0. The summed E-state index contributed by atoms with van der Waals surface area (Å²) < 4.78 is 0. The van der Waals surface area contributed by atoms with Crippen molar-refractivity contribution in [3.8, 4) is 0 Å². The maximum absolute atomic E-state index is 10.3. The highest BCUT2D eigenvalue weighted by Crippen LogP contribution is 1.78. The number of likely N-dealkylation sites (N-methyl/N-ethyl adjacent to an activating group) is 1. The molecule has 0 spiro atoms. The smallest absolute Gasteiger partial charge is 0.237 e. The molecule has 0 unspecified atom stereocenters. The Bertz CT molecular complexity index is 154. The molecule has 0 radical (unpaired) electrons. The molecule has 0 aromatic rings. The quantitative estimate of drug-likeness (QED) is 0.359. The van der Waals surface area contributed by atoms with Crippen LogP contribution in [0.4, 0.5) is 0 Å². The lowest BCUT2D eigenvalue weighted by Gasteiger charge is -2.14. The van der Waals surface area contributed by atoms with E-state index in [0.29, 0.717) is 5.96 Å². The van der Waals surface area contributed by atoms with Crippen molar-refractivity contribution in [2.75, 3.05) is 20.6 Å². The van der Waals surface area contributed by atoms with Crippen LogP contribution < -0.4 is 11.5 Å². The van der Waals surface area contributed by atoms with E-state index in [9.17, 15) is 4.79 Å². The molecule has 0 bridgehead atoms. The predicted octanol–water partition coefficient (Wildman–Crippen LogP) is -1.65. The third-order valence-corrected chi connectivity index (χ3v) is 1.01. The molecule has 0 aromatic carbocycles. The first-order chi connectivity index (χ1) is 4.57. The lowest BCUT2D eigenvalue weighted by atomic mass is 10.5. The highest BCUT2D eigenvalue weighted by Gasteiger charge is 2.02. The fourth-order valence-corrected chi connectivity index (χ4v) is 0.485. The molecule has 10 heavy (non-hydrogen) atoms. The van der Waals surface area contributed by atoms with E-state index in [4.69, 9.17) is 11.5 Å². The molecule has 5 heteroatoms. The van der Waals surface area contributed by atoms with Crippen molar-refractivity contribution in [2.45, 2.75) is 0 Å². The summed E-state index contributed by atoms with van der Waals surface area (Å²) >= 11 is 0. The predicted molar refractivity (Wildman–Crippen MR) is 39.4 cm³/mol. The molecule has 58 valence electrons. The molecule has 0 atom stereocenters. The summed E-state index contributed by atoms with van der Waals surface area (Å²) in [5.41, 5.74) is 10.2. The molecule has 0 aliphatic heterocycles. The number of hydrogen-bond donors (Lipinski definition) is 2. The van der Waals surface area contributed by atoms with E-state index < -0.39 is 5.91 Å². The first-order valence-corrected chi connectivity index (χ1v) is 2.79. The number of aliphatic imine (C=N–C) groups is 1. The van der Waals surface area contributed by atoms with Crippen LogP contribution in [0, 0.1) is 0 Å². The van der Waals surface area contributed by atoms with Crippen molar-refractivity contribution < 1.29 is 4.79 Å². The zero-order valence-electron chi connectivity index (χ0n) is 6.16. The minimum absolute atomic E-state index is 0.100. The van der Waals surface area contributed by atoms with Gasteiger partial charge >= 0.3 is 0 Å². The average molecular weight is 144 g/mol. The van der Waals surface area contributed by atoms with E-state index in [1.807, 2.05) is 0 Å². The van der Waals surface area contributed by atoms with E-state index >= 15 is 0 Å². The molecule has 0 heterocycles. The van der Waals surface area contributed by atoms with E-state index in [2.05, 4.69) is 4.99 Å². The van der Waals surface area contributed by atoms with Crippen LogP contribution in [0.5, 0.6) is 0 Å². The Labute approximate surface area is 59.7 Å². The number of amides is 1. The van der Waals surface area contributed by atoms with Gasteiger partial charge in [-0.3, -0.25) is 9.79 Å². The highest BCUT2D eigenvalue weighted by atomic mass is 16.1. The van der Waals surface area contributed by atoms with Crippen LogP contribution in [-0.2, 0) is 4.79 Å². The van der Waals surface area contributed by atoms with E-state index in [-0.39, 0.29) is 6.54 Å². The number of nitrogens with two attached hydrogens (primary N) is 2. The van der Waals surface area contributed by atoms with Gasteiger partial charge in [0, 0.05) is 14.1 Å². The van der Waals surface area contributed by atoms with Crippen molar-refractivity contribution in [2.24, 2.45) is 16.5 Å². The van der Waals surface area contributed by atoms with Gasteiger partial charge in [0.15, 0.2) is 5.96 Å². The number of rotatable bonds is 2. The average Bonchev–Trinajstić information content (AvgIpc) is 1.85. The number of hydrogen-bond acceptors (Lipinski definition) is 2. The normalized spacial score (nSPS) is 11.2. The van der Waals surface area contributed by atoms with Crippen molar-refractivity contribution in [1.82, 2.24) is 4.90 Å². The van der Waals surface area contributed by atoms with Gasteiger partial charge in [0.1, 0.15) is 0 Å². The third-order valence-electron chi connectivity index (χ3n) is 1.01. The topological polar surface area (TPSA) is 84.7 Å². The van der Waals surface area contributed by atoms with Gasteiger partial charge in [0.05, 0.1) is 6.54 Å². The molecule has 0 aliphatic rings. The maximum Gasteiger partial charge on any atom is 0.237 e. The first kappa shape index (κ1) is 8.74. The Balaban J connectivity index is 3.85. The Morgan fingerprint density at radius 1 is 1.60 bits per heavy atom. The third kappa shape index (κ3) is 2.91. The van der Waals surface area contributed by atoms with Crippen LogP contribution in [0.3, 0.4) is 0 Å². The molecule has 5 nitrogen and oxygen atoms in total. The second-order valence-corrected chi connectivity index (χ2v) is 1.90. The lowest BCUT2D eigenvalue weighted by Crippen LogP contribution is -2.39. The minimum Gasteiger partial charge on any atom is -0.370 e. The standard InChI is InChI=1S/C5H12N4O/c1-8-5(7)9(2)3-4(6)10/h3H2,1-2H3,(H2,6,10)(H2,7,8). The largest absolute Gasteiger partial charge is 0.370 e.